The molecular formula is C15H14ClN3S. The molecule has 0 aliphatic heterocycles. The Morgan fingerprint density at radius 2 is 2.10 bits per heavy atom. The highest BCUT2D eigenvalue weighted by atomic mass is 35.5. The number of benzene rings is 1. The van der Waals surface area contributed by atoms with E-state index in [9.17, 15) is 0 Å². The highest BCUT2D eigenvalue weighted by Crippen LogP contribution is 2.32. The van der Waals surface area contributed by atoms with E-state index in [0.717, 1.165) is 39.5 Å². The van der Waals surface area contributed by atoms with Crippen molar-refractivity contribution in [2.75, 3.05) is 11.9 Å². The fourth-order valence-corrected chi connectivity index (χ4v) is 3.13. The van der Waals surface area contributed by atoms with E-state index in [1.807, 2.05) is 25.1 Å². The fourth-order valence-electron chi connectivity index (χ4n) is 2.17. The Balaban J connectivity index is 2.20. The molecule has 1 aromatic carbocycles. The molecule has 20 heavy (non-hydrogen) atoms. The number of rotatable bonds is 3. The molecule has 0 saturated heterocycles. The van der Waals surface area contributed by atoms with Crippen LogP contribution in [0.1, 0.15) is 12.6 Å². The van der Waals surface area contributed by atoms with Crippen LogP contribution < -0.4 is 5.32 Å². The van der Waals surface area contributed by atoms with Crippen molar-refractivity contribution in [3.8, 4) is 11.3 Å². The summed E-state index contributed by atoms with van der Waals surface area (Å²) in [5, 5.41) is 7.99. The molecule has 5 heteroatoms. The molecule has 0 radical (unpaired) electrons. The summed E-state index contributed by atoms with van der Waals surface area (Å²) in [5.41, 5.74) is 3.97. The smallest absolute Gasteiger partial charge is 0.183 e. The molecule has 0 aliphatic carbocycles. The molecule has 3 nitrogen and oxygen atoms in total. The van der Waals surface area contributed by atoms with E-state index in [1.54, 1.807) is 11.3 Å². The van der Waals surface area contributed by atoms with Crippen LogP contribution in [0.15, 0.2) is 29.6 Å². The molecular weight excluding hydrogens is 290 g/mol. The number of aryl methyl sites for hydroxylation is 1. The molecule has 0 unspecified atom stereocenters. The maximum absolute atomic E-state index is 6.11. The van der Waals surface area contributed by atoms with Gasteiger partial charge >= 0.3 is 0 Å². The average Bonchev–Trinajstić information content (AvgIpc) is 2.87. The van der Waals surface area contributed by atoms with E-state index in [4.69, 9.17) is 11.6 Å². The Morgan fingerprint density at radius 1 is 1.25 bits per heavy atom. The van der Waals surface area contributed by atoms with Gasteiger partial charge in [-0.15, -0.1) is 11.3 Å². The van der Waals surface area contributed by atoms with Gasteiger partial charge in [-0.1, -0.05) is 11.6 Å². The molecule has 0 aliphatic rings. The second-order valence-corrected chi connectivity index (χ2v) is 5.84. The van der Waals surface area contributed by atoms with Gasteiger partial charge in [0.05, 0.1) is 11.2 Å². The molecule has 3 aromatic rings. The number of aromatic nitrogens is 2. The van der Waals surface area contributed by atoms with Crippen molar-refractivity contribution in [3.63, 3.8) is 0 Å². The number of fused-ring (bicyclic) bond motifs is 1. The molecule has 3 rings (SSSR count). The molecule has 1 N–H and O–H groups in total. The van der Waals surface area contributed by atoms with Gasteiger partial charge in [-0.25, -0.2) is 4.98 Å². The average molecular weight is 304 g/mol. The third kappa shape index (κ3) is 2.49. The second kappa shape index (κ2) is 5.38. The molecule has 102 valence electrons. The van der Waals surface area contributed by atoms with Gasteiger partial charge in [0.25, 0.3) is 0 Å². The van der Waals surface area contributed by atoms with E-state index in [-0.39, 0.29) is 0 Å². The van der Waals surface area contributed by atoms with E-state index in [0.29, 0.717) is 5.02 Å². The molecule has 0 fully saturated rings. The standard InChI is InChI=1S/C15H14ClN3S/c1-3-17-15-19-14(8-20-15)11-6-9(2)18-13-5-4-10(16)7-12(11)13/h4-8H,3H2,1-2H3,(H,17,19). The summed E-state index contributed by atoms with van der Waals surface area (Å²) in [7, 11) is 0. The molecule has 0 amide bonds. The maximum atomic E-state index is 6.11. The molecule has 0 spiro atoms. The zero-order chi connectivity index (χ0) is 14.1. The highest BCUT2D eigenvalue weighted by Gasteiger charge is 2.10. The van der Waals surface area contributed by atoms with Crippen LogP contribution in [0, 0.1) is 6.92 Å². The minimum atomic E-state index is 0.714. The van der Waals surface area contributed by atoms with Crippen molar-refractivity contribution in [3.05, 3.63) is 40.4 Å². The number of halogens is 1. The lowest BCUT2D eigenvalue weighted by Gasteiger charge is -2.06. The summed E-state index contributed by atoms with van der Waals surface area (Å²) in [6.07, 6.45) is 0. The first kappa shape index (κ1) is 13.3. The van der Waals surface area contributed by atoms with Gasteiger partial charge in [0.15, 0.2) is 5.13 Å². The van der Waals surface area contributed by atoms with Crippen molar-refractivity contribution in [2.24, 2.45) is 0 Å². The van der Waals surface area contributed by atoms with Gasteiger partial charge < -0.3 is 5.32 Å². The van der Waals surface area contributed by atoms with Gasteiger partial charge in [0.2, 0.25) is 0 Å². The Morgan fingerprint density at radius 3 is 2.90 bits per heavy atom. The van der Waals surface area contributed by atoms with Crippen LogP contribution >= 0.6 is 22.9 Å². The largest absolute Gasteiger partial charge is 0.362 e. The predicted octanol–water partition coefficient (Wildman–Crippen LogP) is 4.75. The van der Waals surface area contributed by atoms with Crippen LogP contribution in [0.25, 0.3) is 22.2 Å². The lowest BCUT2D eigenvalue weighted by molar-refractivity contribution is 1.19. The number of hydrogen-bond acceptors (Lipinski definition) is 4. The summed E-state index contributed by atoms with van der Waals surface area (Å²) < 4.78 is 0. The molecule has 0 atom stereocenters. The van der Waals surface area contributed by atoms with Gasteiger partial charge in [0, 0.05) is 33.6 Å². The number of pyridine rings is 1. The van der Waals surface area contributed by atoms with E-state index in [2.05, 4.69) is 33.7 Å². The van der Waals surface area contributed by atoms with Crippen LogP contribution in [0.5, 0.6) is 0 Å². The van der Waals surface area contributed by atoms with Crippen LogP contribution in [0.4, 0.5) is 5.13 Å². The first-order valence-electron chi connectivity index (χ1n) is 6.44. The van der Waals surface area contributed by atoms with Crippen LogP contribution in [0.3, 0.4) is 0 Å². The maximum Gasteiger partial charge on any atom is 0.183 e. The van der Waals surface area contributed by atoms with Gasteiger partial charge in [0.1, 0.15) is 0 Å². The van der Waals surface area contributed by atoms with Gasteiger partial charge in [-0.2, -0.15) is 0 Å². The number of anilines is 1. The monoisotopic (exact) mass is 303 g/mol. The highest BCUT2D eigenvalue weighted by molar-refractivity contribution is 7.14. The first-order valence-corrected chi connectivity index (χ1v) is 7.70. The minimum absolute atomic E-state index is 0.714. The Labute approximate surface area is 126 Å². The Bertz CT molecular complexity index is 767. The summed E-state index contributed by atoms with van der Waals surface area (Å²) in [6.45, 7) is 4.93. The fraction of sp³-hybridized carbons (Fsp3) is 0.200. The van der Waals surface area contributed by atoms with Crippen LogP contribution in [-0.4, -0.2) is 16.5 Å². The predicted molar refractivity (Wildman–Crippen MR) is 86.8 cm³/mol. The molecule has 2 aromatic heterocycles. The van der Waals surface area contributed by atoms with Gasteiger partial charge in [-0.3, -0.25) is 4.98 Å². The van der Waals surface area contributed by atoms with Gasteiger partial charge in [-0.05, 0) is 38.1 Å². The minimum Gasteiger partial charge on any atom is -0.362 e. The summed E-state index contributed by atoms with van der Waals surface area (Å²) >= 11 is 7.73. The number of thiazole rings is 1. The molecule has 0 bridgehead atoms. The summed E-state index contributed by atoms with van der Waals surface area (Å²) in [4.78, 5) is 9.18. The number of nitrogens with one attached hydrogen (secondary N) is 1. The second-order valence-electron chi connectivity index (χ2n) is 4.54. The lowest BCUT2D eigenvalue weighted by atomic mass is 10.1. The summed E-state index contributed by atoms with van der Waals surface area (Å²) in [5.74, 6) is 0. The number of hydrogen-bond donors (Lipinski definition) is 1. The summed E-state index contributed by atoms with van der Waals surface area (Å²) in [6, 6.07) is 7.82. The quantitative estimate of drug-likeness (QED) is 0.758. The zero-order valence-corrected chi connectivity index (χ0v) is 12.8. The molecule has 0 saturated carbocycles. The van der Waals surface area contributed by atoms with Crippen LogP contribution in [0.2, 0.25) is 5.02 Å². The van der Waals surface area contributed by atoms with Crippen molar-refractivity contribution < 1.29 is 0 Å². The van der Waals surface area contributed by atoms with Crippen molar-refractivity contribution >= 4 is 39.0 Å². The topological polar surface area (TPSA) is 37.8 Å². The first-order chi connectivity index (χ1) is 9.67. The van der Waals surface area contributed by atoms with Crippen molar-refractivity contribution in [1.29, 1.82) is 0 Å². The van der Waals surface area contributed by atoms with E-state index in [1.165, 1.54) is 0 Å². The van der Waals surface area contributed by atoms with Crippen molar-refractivity contribution in [2.45, 2.75) is 13.8 Å². The Kier molecular flexibility index (Phi) is 3.59. The van der Waals surface area contributed by atoms with Crippen LogP contribution in [-0.2, 0) is 0 Å². The van der Waals surface area contributed by atoms with E-state index < -0.39 is 0 Å². The Hall–Kier alpha value is -1.65. The lowest BCUT2D eigenvalue weighted by Crippen LogP contribution is -1.95. The SMILES string of the molecule is CCNc1nc(-c2cc(C)nc3ccc(Cl)cc23)cs1. The third-order valence-electron chi connectivity index (χ3n) is 3.01. The molecule has 2 heterocycles. The zero-order valence-electron chi connectivity index (χ0n) is 11.3. The number of nitrogens with zero attached hydrogens (tertiary/aromatic N) is 2. The van der Waals surface area contributed by atoms with Crippen molar-refractivity contribution in [1.82, 2.24) is 9.97 Å². The van der Waals surface area contributed by atoms with E-state index >= 15 is 0 Å². The normalized spacial score (nSPS) is 10.9. The third-order valence-corrected chi connectivity index (χ3v) is 4.04.